The molecule has 1 aromatic heterocycles. The number of nitrogens with one attached hydrogen (secondary N) is 1. The summed E-state index contributed by atoms with van der Waals surface area (Å²) in [6, 6.07) is 7.03. The molecule has 2 aromatic rings. The van der Waals surface area contributed by atoms with E-state index in [1.807, 2.05) is 24.5 Å². The van der Waals surface area contributed by atoms with E-state index in [9.17, 15) is 5.11 Å². The Balaban J connectivity index is 1.97. The Bertz CT molecular complexity index is 462. The van der Waals surface area contributed by atoms with E-state index >= 15 is 0 Å². The fourth-order valence-electron chi connectivity index (χ4n) is 1.71. The van der Waals surface area contributed by atoms with Crippen LogP contribution in [0.5, 0.6) is 5.75 Å². The fraction of sp³-hybridized carbons (Fsp3) is 0.308. The number of phenolic OH excluding ortho intramolecular Hbond substituents is 1. The van der Waals surface area contributed by atoms with Crippen LogP contribution in [0.1, 0.15) is 19.2 Å². The molecule has 2 rings (SSSR count). The molecule has 0 atom stereocenters. The number of hydrogen-bond acceptors (Lipinski definition) is 3. The van der Waals surface area contributed by atoms with Crippen LogP contribution in [0.2, 0.25) is 0 Å². The molecule has 0 aliphatic carbocycles. The van der Waals surface area contributed by atoms with Gasteiger partial charge >= 0.3 is 0 Å². The van der Waals surface area contributed by atoms with Gasteiger partial charge in [0.05, 0.1) is 6.54 Å². The molecule has 4 heteroatoms. The maximum Gasteiger partial charge on any atom is 0.128 e. The third-order valence-corrected chi connectivity index (χ3v) is 2.58. The highest BCUT2D eigenvalue weighted by atomic mass is 16.3. The fourth-order valence-corrected chi connectivity index (χ4v) is 1.71. The third kappa shape index (κ3) is 3.00. The zero-order valence-corrected chi connectivity index (χ0v) is 9.93. The van der Waals surface area contributed by atoms with Crippen LogP contribution in [0.15, 0.2) is 36.7 Å². The van der Waals surface area contributed by atoms with Crippen LogP contribution in [0.3, 0.4) is 0 Å². The topological polar surface area (TPSA) is 50.1 Å². The van der Waals surface area contributed by atoms with Gasteiger partial charge in [-0.25, -0.2) is 4.98 Å². The standard InChI is InChI=1S/C13H17N3O/c1-2-8-16-9-7-14-13(16)10-15-11-3-5-12(17)6-4-11/h3-7,9,15,17H,2,8,10H2,1H3. The minimum absolute atomic E-state index is 0.281. The van der Waals surface area contributed by atoms with Crippen LogP contribution >= 0.6 is 0 Å². The van der Waals surface area contributed by atoms with Crippen LogP contribution in [0.25, 0.3) is 0 Å². The number of anilines is 1. The van der Waals surface area contributed by atoms with Crippen LogP contribution < -0.4 is 5.32 Å². The average Bonchev–Trinajstić information content (AvgIpc) is 2.77. The van der Waals surface area contributed by atoms with Crippen LogP contribution in [-0.4, -0.2) is 14.7 Å². The lowest BCUT2D eigenvalue weighted by atomic mass is 10.3. The van der Waals surface area contributed by atoms with E-state index in [2.05, 4.69) is 21.8 Å². The maximum atomic E-state index is 9.18. The smallest absolute Gasteiger partial charge is 0.128 e. The first-order chi connectivity index (χ1) is 8.29. The zero-order valence-electron chi connectivity index (χ0n) is 9.93. The molecule has 0 amide bonds. The van der Waals surface area contributed by atoms with Gasteiger partial charge in [-0.2, -0.15) is 0 Å². The zero-order chi connectivity index (χ0) is 12.1. The van der Waals surface area contributed by atoms with Gasteiger partial charge in [0.1, 0.15) is 11.6 Å². The number of rotatable bonds is 5. The molecule has 0 saturated carbocycles. The molecule has 0 aliphatic heterocycles. The summed E-state index contributed by atoms with van der Waals surface area (Å²) in [7, 11) is 0. The number of aromatic nitrogens is 2. The van der Waals surface area contributed by atoms with E-state index in [4.69, 9.17) is 0 Å². The van der Waals surface area contributed by atoms with E-state index in [1.54, 1.807) is 12.1 Å². The number of hydrogen-bond donors (Lipinski definition) is 2. The molecular weight excluding hydrogens is 214 g/mol. The molecule has 0 spiro atoms. The van der Waals surface area contributed by atoms with E-state index in [0.29, 0.717) is 6.54 Å². The monoisotopic (exact) mass is 231 g/mol. The summed E-state index contributed by atoms with van der Waals surface area (Å²) >= 11 is 0. The van der Waals surface area contributed by atoms with Gasteiger partial charge in [0.2, 0.25) is 0 Å². The van der Waals surface area contributed by atoms with Gasteiger partial charge in [-0.05, 0) is 30.7 Å². The quantitative estimate of drug-likeness (QED) is 0.778. The minimum atomic E-state index is 0.281. The lowest BCUT2D eigenvalue weighted by molar-refractivity contribution is 0.475. The Labute approximate surface area is 101 Å². The third-order valence-electron chi connectivity index (χ3n) is 2.58. The van der Waals surface area contributed by atoms with E-state index in [-0.39, 0.29) is 5.75 Å². The van der Waals surface area contributed by atoms with Crippen molar-refractivity contribution in [3.8, 4) is 5.75 Å². The molecular formula is C13H17N3O. The summed E-state index contributed by atoms with van der Waals surface area (Å²) in [6.45, 7) is 3.83. The summed E-state index contributed by atoms with van der Waals surface area (Å²) in [5.74, 6) is 1.31. The molecule has 4 nitrogen and oxygen atoms in total. The van der Waals surface area contributed by atoms with Crippen molar-refractivity contribution in [2.45, 2.75) is 26.4 Å². The van der Waals surface area contributed by atoms with Crippen LogP contribution in [-0.2, 0) is 13.1 Å². The Morgan fingerprint density at radius 3 is 2.76 bits per heavy atom. The normalized spacial score (nSPS) is 10.4. The summed E-state index contributed by atoms with van der Waals surface area (Å²) < 4.78 is 2.15. The minimum Gasteiger partial charge on any atom is -0.508 e. The van der Waals surface area contributed by atoms with Crippen molar-refractivity contribution in [3.05, 3.63) is 42.5 Å². The van der Waals surface area contributed by atoms with Crippen molar-refractivity contribution in [3.63, 3.8) is 0 Å². The van der Waals surface area contributed by atoms with Gasteiger partial charge < -0.3 is 15.0 Å². The molecule has 1 aromatic carbocycles. The van der Waals surface area contributed by atoms with Gasteiger partial charge in [0.25, 0.3) is 0 Å². The molecule has 2 N–H and O–H groups in total. The van der Waals surface area contributed by atoms with Gasteiger partial charge in [-0.1, -0.05) is 6.92 Å². The van der Waals surface area contributed by atoms with Crippen molar-refractivity contribution in [1.82, 2.24) is 9.55 Å². The Morgan fingerprint density at radius 1 is 1.29 bits per heavy atom. The highest BCUT2D eigenvalue weighted by molar-refractivity contribution is 5.45. The average molecular weight is 231 g/mol. The largest absolute Gasteiger partial charge is 0.508 e. The molecule has 0 aliphatic rings. The van der Waals surface area contributed by atoms with Gasteiger partial charge in [0, 0.05) is 24.6 Å². The van der Waals surface area contributed by atoms with E-state index < -0.39 is 0 Å². The first-order valence-electron chi connectivity index (χ1n) is 5.82. The van der Waals surface area contributed by atoms with Crippen molar-refractivity contribution in [2.24, 2.45) is 0 Å². The van der Waals surface area contributed by atoms with Crippen LogP contribution in [0, 0.1) is 0 Å². The second kappa shape index (κ2) is 5.39. The van der Waals surface area contributed by atoms with Gasteiger partial charge in [-0.3, -0.25) is 0 Å². The molecule has 0 fully saturated rings. The second-order valence-electron chi connectivity index (χ2n) is 3.94. The molecule has 0 saturated heterocycles. The molecule has 0 bridgehead atoms. The molecule has 90 valence electrons. The summed E-state index contributed by atoms with van der Waals surface area (Å²) in [6.07, 6.45) is 4.92. The highest BCUT2D eigenvalue weighted by Crippen LogP contribution is 2.14. The van der Waals surface area contributed by atoms with Gasteiger partial charge in [0.15, 0.2) is 0 Å². The number of phenols is 1. The molecule has 17 heavy (non-hydrogen) atoms. The van der Waals surface area contributed by atoms with Crippen molar-refractivity contribution < 1.29 is 5.11 Å². The van der Waals surface area contributed by atoms with Gasteiger partial charge in [-0.15, -0.1) is 0 Å². The first kappa shape index (κ1) is 11.5. The number of nitrogens with zero attached hydrogens (tertiary/aromatic N) is 2. The number of imidazole rings is 1. The van der Waals surface area contributed by atoms with E-state index in [1.165, 1.54) is 0 Å². The predicted molar refractivity (Wildman–Crippen MR) is 68.0 cm³/mol. The molecule has 0 radical (unpaired) electrons. The Kier molecular flexibility index (Phi) is 3.65. The van der Waals surface area contributed by atoms with E-state index in [0.717, 1.165) is 24.5 Å². The van der Waals surface area contributed by atoms with Crippen molar-refractivity contribution in [2.75, 3.05) is 5.32 Å². The number of aromatic hydroxyl groups is 1. The summed E-state index contributed by atoms with van der Waals surface area (Å²) in [5, 5.41) is 12.5. The number of aryl methyl sites for hydroxylation is 1. The SMILES string of the molecule is CCCn1ccnc1CNc1ccc(O)cc1. The Hall–Kier alpha value is -1.97. The first-order valence-corrected chi connectivity index (χ1v) is 5.82. The predicted octanol–water partition coefficient (Wildman–Crippen LogP) is 2.61. The highest BCUT2D eigenvalue weighted by Gasteiger charge is 2.01. The van der Waals surface area contributed by atoms with Crippen molar-refractivity contribution in [1.29, 1.82) is 0 Å². The van der Waals surface area contributed by atoms with Crippen molar-refractivity contribution >= 4 is 5.69 Å². The lowest BCUT2D eigenvalue weighted by Gasteiger charge is -2.08. The Morgan fingerprint density at radius 2 is 2.06 bits per heavy atom. The molecule has 1 heterocycles. The second-order valence-corrected chi connectivity index (χ2v) is 3.94. The van der Waals surface area contributed by atoms with Crippen LogP contribution in [0.4, 0.5) is 5.69 Å². The lowest BCUT2D eigenvalue weighted by Crippen LogP contribution is -2.08. The maximum absolute atomic E-state index is 9.18. The molecule has 0 unspecified atom stereocenters. The summed E-state index contributed by atoms with van der Waals surface area (Å²) in [4.78, 5) is 4.32. The summed E-state index contributed by atoms with van der Waals surface area (Å²) in [5.41, 5.74) is 0.980. The number of benzene rings is 1.